The van der Waals surface area contributed by atoms with Crippen LogP contribution in [0, 0.1) is 0 Å². The molecule has 2 N–H and O–H groups in total. The molecule has 3 heteroatoms. The predicted octanol–water partition coefficient (Wildman–Crippen LogP) is 2.16. The first-order chi connectivity index (χ1) is 7.84. The quantitative estimate of drug-likeness (QED) is 0.776. The highest BCUT2D eigenvalue weighted by Crippen LogP contribution is 2.19. The Labute approximate surface area is 97.6 Å². The van der Waals surface area contributed by atoms with Crippen molar-refractivity contribution in [3.8, 4) is 0 Å². The van der Waals surface area contributed by atoms with E-state index in [2.05, 4.69) is 29.1 Å². The van der Waals surface area contributed by atoms with Crippen molar-refractivity contribution in [1.82, 2.24) is 4.57 Å². The molecule has 1 aromatic rings. The highest BCUT2D eigenvalue weighted by molar-refractivity contribution is 4.89. The average molecular weight is 222 g/mol. The number of hydrogen-bond acceptors (Lipinski definition) is 2. The Morgan fingerprint density at radius 1 is 1.12 bits per heavy atom. The zero-order valence-corrected chi connectivity index (χ0v) is 9.85. The van der Waals surface area contributed by atoms with Crippen LogP contribution in [0.4, 0.5) is 0 Å². The summed E-state index contributed by atoms with van der Waals surface area (Å²) in [6.45, 7) is 1.93. The molecule has 0 atom stereocenters. The molecule has 2 rings (SSSR count). The van der Waals surface area contributed by atoms with E-state index >= 15 is 0 Å². The molecule has 16 heavy (non-hydrogen) atoms. The lowest BCUT2D eigenvalue weighted by molar-refractivity contribution is 0.0225. The van der Waals surface area contributed by atoms with Crippen LogP contribution in [-0.2, 0) is 11.3 Å². The van der Waals surface area contributed by atoms with Gasteiger partial charge in [0.2, 0.25) is 0 Å². The maximum absolute atomic E-state index is 5.86. The maximum atomic E-state index is 5.86. The van der Waals surface area contributed by atoms with Crippen molar-refractivity contribution >= 4 is 0 Å². The largest absolute Gasteiger partial charge is 0.378 e. The van der Waals surface area contributed by atoms with Crippen molar-refractivity contribution in [2.45, 2.75) is 50.8 Å². The third kappa shape index (κ3) is 3.65. The van der Waals surface area contributed by atoms with Gasteiger partial charge in [-0.1, -0.05) is 0 Å². The van der Waals surface area contributed by atoms with Crippen molar-refractivity contribution in [1.29, 1.82) is 0 Å². The second-order valence-electron chi connectivity index (χ2n) is 4.68. The smallest absolute Gasteiger partial charge is 0.0576 e. The van der Waals surface area contributed by atoms with Crippen LogP contribution in [0.2, 0.25) is 0 Å². The fourth-order valence-electron chi connectivity index (χ4n) is 2.27. The van der Waals surface area contributed by atoms with Gasteiger partial charge in [-0.15, -0.1) is 0 Å². The highest BCUT2D eigenvalue weighted by atomic mass is 16.5. The number of rotatable bonds is 5. The van der Waals surface area contributed by atoms with Crippen molar-refractivity contribution in [3.05, 3.63) is 24.5 Å². The normalized spacial score (nSPS) is 25.8. The van der Waals surface area contributed by atoms with Gasteiger partial charge in [-0.25, -0.2) is 0 Å². The third-order valence-corrected chi connectivity index (χ3v) is 3.30. The van der Waals surface area contributed by atoms with E-state index in [1.165, 1.54) is 0 Å². The van der Waals surface area contributed by atoms with E-state index < -0.39 is 0 Å². The topological polar surface area (TPSA) is 40.2 Å². The number of aryl methyl sites for hydroxylation is 1. The molecule has 0 amide bonds. The van der Waals surface area contributed by atoms with Crippen LogP contribution in [0.1, 0.15) is 32.1 Å². The fourth-order valence-corrected chi connectivity index (χ4v) is 2.27. The van der Waals surface area contributed by atoms with Gasteiger partial charge in [-0.3, -0.25) is 0 Å². The lowest BCUT2D eigenvalue weighted by Gasteiger charge is -2.26. The first-order valence-electron chi connectivity index (χ1n) is 6.32. The van der Waals surface area contributed by atoms with Crippen LogP contribution in [0.3, 0.4) is 0 Å². The maximum Gasteiger partial charge on any atom is 0.0576 e. The predicted molar refractivity (Wildman–Crippen MR) is 65.2 cm³/mol. The number of nitrogens with zero attached hydrogens (tertiary/aromatic N) is 1. The van der Waals surface area contributed by atoms with Crippen LogP contribution in [0.25, 0.3) is 0 Å². The molecule has 0 unspecified atom stereocenters. The summed E-state index contributed by atoms with van der Waals surface area (Å²) in [6.07, 6.45) is 10.3. The Balaban J connectivity index is 1.55. The summed E-state index contributed by atoms with van der Waals surface area (Å²) in [5.41, 5.74) is 5.86. The van der Waals surface area contributed by atoms with E-state index in [0.29, 0.717) is 12.1 Å². The van der Waals surface area contributed by atoms with E-state index in [1.54, 1.807) is 0 Å². The molecular formula is C13H22N2O. The zero-order valence-electron chi connectivity index (χ0n) is 9.85. The van der Waals surface area contributed by atoms with Crippen molar-refractivity contribution < 1.29 is 4.74 Å². The van der Waals surface area contributed by atoms with E-state index in [1.807, 2.05) is 0 Å². The summed E-state index contributed by atoms with van der Waals surface area (Å²) in [5, 5.41) is 0. The molecule has 0 saturated heterocycles. The van der Waals surface area contributed by atoms with Gasteiger partial charge in [-0.05, 0) is 44.2 Å². The molecule has 1 heterocycles. The summed E-state index contributed by atoms with van der Waals surface area (Å²) >= 11 is 0. The third-order valence-electron chi connectivity index (χ3n) is 3.30. The molecule has 0 aliphatic heterocycles. The summed E-state index contributed by atoms with van der Waals surface area (Å²) in [4.78, 5) is 0. The number of nitrogens with two attached hydrogens (primary N) is 1. The monoisotopic (exact) mass is 222 g/mol. The Morgan fingerprint density at radius 3 is 2.50 bits per heavy atom. The number of aromatic nitrogens is 1. The Morgan fingerprint density at radius 2 is 1.81 bits per heavy atom. The number of hydrogen-bond donors (Lipinski definition) is 1. The molecule has 0 aromatic carbocycles. The Kier molecular flexibility index (Phi) is 4.43. The molecule has 1 aromatic heterocycles. The van der Waals surface area contributed by atoms with Gasteiger partial charge in [0.15, 0.2) is 0 Å². The second-order valence-corrected chi connectivity index (χ2v) is 4.68. The van der Waals surface area contributed by atoms with E-state index in [9.17, 15) is 0 Å². The van der Waals surface area contributed by atoms with Gasteiger partial charge < -0.3 is 15.0 Å². The fraction of sp³-hybridized carbons (Fsp3) is 0.692. The summed E-state index contributed by atoms with van der Waals surface area (Å²) in [5.74, 6) is 0. The average Bonchev–Trinajstić information content (AvgIpc) is 2.80. The van der Waals surface area contributed by atoms with E-state index in [4.69, 9.17) is 10.5 Å². The van der Waals surface area contributed by atoms with E-state index in [0.717, 1.165) is 45.3 Å². The summed E-state index contributed by atoms with van der Waals surface area (Å²) in [7, 11) is 0. The first kappa shape index (κ1) is 11.7. The van der Waals surface area contributed by atoms with Gasteiger partial charge in [0.25, 0.3) is 0 Å². The second kappa shape index (κ2) is 6.06. The summed E-state index contributed by atoms with van der Waals surface area (Å²) < 4.78 is 8.06. The molecule has 0 bridgehead atoms. The summed E-state index contributed by atoms with van der Waals surface area (Å²) in [6, 6.07) is 4.53. The molecular weight excluding hydrogens is 200 g/mol. The van der Waals surface area contributed by atoms with Crippen LogP contribution in [0.15, 0.2) is 24.5 Å². The van der Waals surface area contributed by atoms with Gasteiger partial charge >= 0.3 is 0 Å². The molecule has 0 spiro atoms. The molecule has 1 saturated carbocycles. The molecule has 1 aliphatic carbocycles. The Bertz CT molecular complexity index is 276. The molecule has 1 fully saturated rings. The first-order valence-corrected chi connectivity index (χ1v) is 6.32. The zero-order chi connectivity index (χ0) is 11.2. The lowest BCUT2D eigenvalue weighted by atomic mass is 9.94. The minimum Gasteiger partial charge on any atom is -0.378 e. The molecule has 3 nitrogen and oxygen atoms in total. The van der Waals surface area contributed by atoms with Gasteiger partial charge in [0.1, 0.15) is 0 Å². The van der Waals surface area contributed by atoms with Crippen molar-refractivity contribution in [2.75, 3.05) is 6.61 Å². The van der Waals surface area contributed by atoms with Crippen LogP contribution < -0.4 is 5.73 Å². The number of ether oxygens (including phenoxy) is 1. The molecule has 0 radical (unpaired) electrons. The van der Waals surface area contributed by atoms with Gasteiger partial charge in [0, 0.05) is 31.6 Å². The van der Waals surface area contributed by atoms with Gasteiger partial charge in [0.05, 0.1) is 6.10 Å². The minimum absolute atomic E-state index is 0.416. The van der Waals surface area contributed by atoms with E-state index in [-0.39, 0.29) is 0 Å². The SMILES string of the molecule is NC1CCC(OCCCn2cccc2)CC1. The molecule has 90 valence electrons. The molecule has 1 aliphatic rings. The standard InChI is InChI=1S/C13H22N2O/c14-12-4-6-13(7-5-12)16-11-3-10-15-8-1-2-9-15/h1-2,8-9,12-13H,3-7,10-11,14H2. The minimum atomic E-state index is 0.416. The van der Waals surface area contributed by atoms with Crippen LogP contribution >= 0.6 is 0 Å². The van der Waals surface area contributed by atoms with Crippen LogP contribution in [0.5, 0.6) is 0 Å². The van der Waals surface area contributed by atoms with Crippen molar-refractivity contribution in [3.63, 3.8) is 0 Å². The van der Waals surface area contributed by atoms with Crippen LogP contribution in [-0.4, -0.2) is 23.3 Å². The van der Waals surface area contributed by atoms with Crippen molar-refractivity contribution in [2.24, 2.45) is 5.73 Å². The Hall–Kier alpha value is -0.800. The van der Waals surface area contributed by atoms with Gasteiger partial charge in [-0.2, -0.15) is 0 Å². The highest BCUT2D eigenvalue weighted by Gasteiger charge is 2.18. The lowest BCUT2D eigenvalue weighted by Crippen LogP contribution is -2.30.